The van der Waals surface area contributed by atoms with Gasteiger partial charge in [-0.05, 0) is 30.2 Å². The minimum absolute atomic E-state index is 0.241. The van der Waals surface area contributed by atoms with Crippen LogP contribution in [-0.4, -0.2) is 37.1 Å². The molecule has 2 heterocycles. The molecule has 0 fully saturated rings. The number of sulfonamides is 1. The lowest BCUT2D eigenvalue weighted by Crippen LogP contribution is -2.37. The van der Waals surface area contributed by atoms with Gasteiger partial charge >= 0.3 is 0 Å². The van der Waals surface area contributed by atoms with Gasteiger partial charge in [0.15, 0.2) is 0 Å². The molecule has 3 rings (SSSR count). The number of unbranched alkanes of at least 4 members (excludes halogenated alkanes) is 1. The van der Waals surface area contributed by atoms with Crippen molar-refractivity contribution >= 4 is 20.9 Å². The molecule has 0 aliphatic carbocycles. The Morgan fingerprint density at radius 3 is 2.91 bits per heavy atom. The number of aromatic nitrogens is 1. The predicted octanol–water partition coefficient (Wildman–Crippen LogP) is 2.66. The Balaban J connectivity index is 1.94. The minimum Gasteiger partial charge on any atom is -0.497 e. The van der Waals surface area contributed by atoms with Crippen LogP contribution >= 0.6 is 0 Å². The molecule has 1 N–H and O–H groups in total. The molecule has 0 unspecified atom stereocenters. The maximum atomic E-state index is 12.4. The first-order valence-electron chi connectivity index (χ1n) is 7.70. The van der Waals surface area contributed by atoms with E-state index in [1.807, 2.05) is 25.1 Å². The van der Waals surface area contributed by atoms with Crippen LogP contribution in [0.2, 0.25) is 0 Å². The number of hydrogen-bond acceptors (Lipinski definition) is 3. The molecule has 120 valence electrons. The van der Waals surface area contributed by atoms with E-state index in [-0.39, 0.29) is 5.75 Å². The highest BCUT2D eigenvalue weighted by Gasteiger charge is 2.28. The van der Waals surface area contributed by atoms with Gasteiger partial charge in [-0.1, -0.05) is 13.3 Å². The van der Waals surface area contributed by atoms with Gasteiger partial charge in [-0.25, -0.2) is 8.42 Å². The zero-order valence-corrected chi connectivity index (χ0v) is 13.9. The fraction of sp³-hybridized carbons (Fsp3) is 0.500. The van der Waals surface area contributed by atoms with Gasteiger partial charge in [0, 0.05) is 36.1 Å². The summed E-state index contributed by atoms with van der Waals surface area (Å²) in [5.41, 5.74) is 3.27. The molecular weight excluding hydrogens is 300 g/mol. The summed E-state index contributed by atoms with van der Waals surface area (Å²) in [5, 5.41) is 1.06. The monoisotopic (exact) mass is 322 g/mol. The van der Waals surface area contributed by atoms with Crippen LogP contribution in [0.15, 0.2) is 18.2 Å². The molecule has 5 nitrogen and oxygen atoms in total. The van der Waals surface area contributed by atoms with Crippen molar-refractivity contribution in [3.05, 3.63) is 29.5 Å². The standard InChI is InChI=1S/C16H22N2O3S/c1-3-4-9-22(19,20)18-8-7-16-14(11-18)13-10-12(21-2)5-6-15(13)17-16/h5-6,10,17H,3-4,7-9,11H2,1-2H3. The van der Waals surface area contributed by atoms with Gasteiger partial charge in [-0.3, -0.25) is 0 Å². The van der Waals surface area contributed by atoms with Crippen molar-refractivity contribution < 1.29 is 13.2 Å². The maximum Gasteiger partial charge on any atom is 0.214 e. The Bertz CT molecular complexity index is 780. The van der Waals surface area contributed by atoms with E-state index >= 15 is 0 Å². The Morgan fingerprint density at radius 1 is 1.36 bits per heavy atom. The quantitative estimate of drug-likeness (QED) is 0.920. The summed E-state index contributed by atoms with van der Waals surface area (Å²) in [4.78, 5) is 3.41. The van der Waals surface area contributed by atoms with Crippen LogP contribution in [0.25, 0.3) is 10.9 Å². The highest BCUT2D eigenvalue weighted by molar-refractivity contribution is 7.89. The van der Waals surface area contributed by atoms with Crippen LogP contribution in [0.3, 0.4) is 0 Å². The third-order valence-electron chi connectivity index (χ3n) is 4.30. The average Bonchev–Trinajstić information content (AvgIpc) is 2.89. The second kappa shape index (κ2) is 5.93. The van der Waals surface area contributed by atoms with Crippen molar-refractivity contribution in [2.45, 2.75) is 32.7 Å². The summed E-state index contributed by atoms with van der Waals surface area (Å²) in [6, 6.07) is 5.88. The molecule has 1 aliphatic rings. The molecule has 0 amide bonds. The number of nitrogens with zero attached hydrogens (tertiary/aromatic N) is 1. The maximum absolute atomic E-state index is 12.4. The number of fused-ring (bicyclic) bond motifs is 3. The molecule has 1 aromatic carbocycles. The molecule has 0 saturated carbocycles. The van der Waals surface area contributed by atoms with Crippen LogP contribution in [0.4, 0.5) is 0 Å². The van der Waals surface area contributed by atoms with Crippen LogP contribution in [0, 0.1) is 0 Å². The van der Waals surface area contributed by atoms with Gasteiger partial charge in [0.1, 0.15) is 5.75 Å². The van der Waals surface area contributed by atoms with Gasteiger partial charge in [-0.15, -0.1) is 0 Å². The number of nitrogens with one attached hydrogen (secondary N) is 1. The first-order chi connectivity index (χ1) is 10.5. The van der Waals surface area contributed by atoms with Crippen LogP contribution in [-0.2, 0) is 23.0 Å². The smallest absolute Gasteiger partial charge is 0.214 e. The van der Waals surface area contributed by atoms with Gasteiger partial charge in [0.05, 0.1) is 12.9 Å². The van der Waals surface area contributed by atoms with E-state index in [1.165, 1.54) is 0 Å². The summed E-state index contributed by atoms with van der Waals surface area (Å²) in [6.07, 6.45) is 2.34. The number of methoxy groups -OCH3 is 1. The lowest BCUT2D eigenvalue weighted by Gasteiger charge is -2.26. The normalized spacial score (nSPS) is 15.9. The van der Waals surface area contributed by atoms with Crippen molar-refractivity contribution in [3.63, 3.8) is 0 Å². The average molecular weight is 322 g/mol. The lowest BCUT2D eigenvalue weighted by molar-refractivity contribution is 0.390. The van der Waals surface area contributed by atoms with E-state index in [4.69, 9.17) is 4.74 Å². The first kappa shape index (κ1) is 15.4. The molecular formula is C16H22N2O3S. The van der Waals surface area contributed by atoms with E-state index in [2.05, 4.69) is 4.98 Å². The molecule has 0 bridgehead atoms. The Morgan fingerprint density at radius 2 is 2.18 bits per heavy atom. The minimum atomic E-state index is -3.16. The zero-order chi connectivity index (χ0) is 15.7. The largest absolute Gasteiger partial charge is 0.497 e. The third-order valence-corrected chi connectivity index (χ3v) is 6.20. The van der Waals surface area contributed by atoms with Crippen molar-refractivity contribution in [2.75, 3.05) is 19.4 Å². The van der Waals surface area contributed by atoms with Gasteiger partial charge in [0.2, 0.25) is 10.0 Å². The second-order valence-electron chi connectivity index (χ2n) is 5.75. The lowest BCUT2D eigenvalue weighted by atomic mass is 10.1. The highest BCUT2D eigenvalue weighted by atomic mass is 32.2. The fourth-order valence-electron chi connectivity index (χ4n) is 2.99. The van der Waals surface area contributed by atoms with E-state index in [1.54, 1.807) is 11.4 Å². The topological polar surface area (TPSA) is 62.4 Å². The molecule has 0 radical (unpaired) electrons. The Hall–Kier alpha value is -1.53. The number of ether oxygens (including phenoxy) is 1. The van der Waals surface area contributed by atoms with E-state index in [0.717, 1.165) is 40.8 Å². The van der Waals surface area contributed by atoms with Crippen LogP contribution in [0.5, 0.6) is 5.75 Å². The number of benzene rings is 1. The predicted molar refractivity (Wildman–Crippen MR) is 87.7 cm³/mol. The molecule has 2 aromatic rings. The zero-order valence-electron chi connectivity index (χ0n) is 13.1. The first-order valence-corrected chi connectivity index (χ1v) is 9.31. The van der Waals surface area contributed by atoms with Crippen molar-refractivity contribution in [1.29, 1.82) is 0 Å². The molecule has 1 aromatic heterocycles. The Labute approximate surface area is 131 Å². The van der Waals surface area contributed by atoms with Gasteiger partial charge in [-0.2, -0.15) is 4.31 Å². The van der Waals surface area contributed by atoms with Gasteiger partial charge in [0.25, 0.3) is 0 Å². The van der Waals surface area contributed by atoms with Gasteiger partial charge < -0.3 is 9.72 Å². The molecule has 22 heavy (non-hydrogen) atoms. The number of hydrogen-bond donors (Lipinski definition) is 1. The summed E-state index contributed by atoms with van der Waals surface area (Å²) >= 11 is 0. The number of H-pyrrole nitrogens is 1. The molecule has 0 spiro atoms. The van der Waals surface area contributed by atoms with E-state index in [9.17, 15) is 8.42 Å². The van der Waals surface area contributed by atoms with E-state index < -0.39 is 10.0 Å². The third kappa shape index (κ3) is 2.73. The fourth-order valence-corrected chi connectivity index (χ4v) is 4.60. The summed E-state index contributed by atoms with van der Waals surface area (Å²) in [5.74, 6) is 1.03. The summed E-state index contributed by atoms with van der Waals surface area (Å²) < 4.78 is 31.8. The summed E-state index contributed by atoms with van der Waals surface area (Å²) in [7, 11) is -1.52. The van der Waals surface area contributed by atoms with Crippen LogP contribution < -0.4 is 4.74 Å². The van der Waals surface area contributed by atoms with Crippen molar-refractivity contribution in [1.82, 2.24) is 9.29 Å². The van der Waals surface area contributed by atoms with E-state index in [0.29, 0.717) is 19.5 Å². The molecule has 1 aliphatic heterocycles. The molecule has 6 heteroatoms. The second-order valence-corrected chi connectivity index (χ2v) is 7.84. The molecule has 0 atom stereocenters. The molecule has 0 saturated heterocycles. The Kier molecular flexibility index (Phi) is 4.14. The summed E-state index contributed by atoms with van der Waals surface area (Å²) in [6.45, 7) is 3.02. The SMILES string of the molecule is CCCCS(=O)(=O)N1CCc2[nH]c3ccc(OC)cc3c2C1. The highest BCUT2D eigenvalue weighted by Crippen LogP contribution is 2.31. The number of rotatable bonds is 5. The van der Waals surface area contributed by atoms with Crippen molar-refractivity contribution in [2.24, 2.45) is 0 Å². The van der Waals surface area contributed by atoms with Crippen molar-refractivity contribution in [3.8, 4) is 5.75 Å². The number of aromatic amines is 1. The van der Waals surface area contributed by atoms with Crippen LogP contribution in [0.1, 0.15) is 31.0 Å².